The Labute approximate surface area is 100 Å². The van der Waals surface area contributed by atoms with E-state index in [4.69, 9.17) is 4.74 Å². The first-order valence-corrected chi connectivity index (χ1v) is 6.25. The van der Waals surface area contributed by atoms with Crippen LogP contribution in [0.1, 0.15) is 24.3 Å². The van der Waals surface area contributed by atoms with Crippen molar-refractivity contribution < 1.29 is 4.74 Å². The minimum Gasteiger partial charge on any atom is -0.381 e. The van der Waals surface area contributed by atoms with Crippen LogP contribution >= 0.6 is 31.9 Å². The van der Waals surface area contributed by atoms with Crippen molar-refractivity contribution in [3.63, 3.8) is 0 Å². The van der Waals surface area contributed by atoms with Gasteiger partial charge in [-0.25, -0.2) is 4.98 Å². The zero-order chi connectivity index (χ0) is 9.97. The average molecular weight is 321 g/mol. The van der Waals surface area contributed by atoms with Gasteiger partial charge in [-0.2, -0.15) is 0 Å². The second-order valence-electron chi connectivity index (χ2n) is 3.43. The van der Waals surface area contributed by atoms with Crippen LogP contribution in [0, 0.1) is 0 Å². The van der Waals surface area contributed by atoms with Crippen molar-refractivity contribution in [1.82, 2.24) is 4.98 Å². The molecular weight excluding hydrogens is 310 g/mol. The van der Waals surface area contributed by atoms with Crippen LogP contribution in [0.5, 0.6) is 0 Å². The van der Waals surface area contributed by atoms with Crippen LogP contribution in [-0.2, 0) is 4.74 Å². The highest BCUT2D eigenvalue weighted by molar-refractivity contribution is 9.11. The lowest BCUT2D eigenvalue weighted by atomic mass is 9.93. The molecular formula is C10H11Br2NO. The molecule has 0 N–H and O–H groups in total. The topological polar surface area (TPSA) is 22.1 Å². The summed E-state index contributed by atoms with van der Waals surface area (Å²) >= 11 is 6.81. The number of halogens is 2. The van der Waals surface area contributed by atoms with Gasteiger partial charge < -0.3 is 4.74 Å². The van der Waals surface area contributed by atoms with Crippen molar-refractivity contribution in [1.29, 1.82) is 0 Å². The summed E-state index contributed by atoms with van der Waals surface area (Å²) in [4.78, 5) is 4.23. The predicted molar refractivity (Wildman–Crippen MR) is 62.4 cm³/mol. The summed E-state index contributed by atoms with van der Waals surface area (Å²) in [6.07, 6.45) is 2.23. The summed E-state index contributed by atoms with van der Waals surface area (Å²) in [6, 6.07) is 4.20. The van der Waals surface area contributed by atoms with E-state index in [-0.39, 0.29) is 0 Å². The highest BCUT2D eigenvalue weighted by Gasteiger charge is 2.16. The number of ether oxygens (including phenoxy) is 1. The standard InChI is InChI=1S/C10H11Br2NO/c11-9-5-8(6-10(12)13-9)7-1-3-14-4-2-7/h5-7H,1-4H2. The molecule has 0 aliphatic carbocycles. The molecule has 1 saturated heterocycles. The normalized spacial score (nSPS) is 18.4. The molecule has 2 rings (SSSR count). The monoisotopic (exact) mass is 319 g/mol. The molecule has 1 aliphatic heterocycles. The SMILES string of the molecule is Brc1cc(C2CCOCC2)cc(Br)n1. The molecule has 0 radical (unpaired) electrons. The van der Waals surface area contributed by atoms with Gasteiger partial charge in [0.25, 0.3) is 0 Å². The fraction of sp³-hybridized carbons (Fsp3) is 0.500. The molecule has 0 bridgehead atoms. The Morgan fingerprint density at radius 1 is 1.14 bits per heavy atom. The minimum atomic E-state index is 0.624. The fourth-order valence-corrected chi connectivity index (χ4v) is 2.90. The third-order valence-corrected chi connectivity index (χ3v) is 3.29. The van der Waals surface area contributed by atoms with E-state index in [1.165, 1.54) is 5.56 Å². The molecule has 1 aromatic rings. The lowest BCUT2D eigenvalue weighted by molar-refractivity contribution is 0.0853. The summed E-state index contributed by atoms with van der Waals surface area (Å²) in [5, 5.41) is 0. The zero-order valence-corrected chi connectivity index (χ0v) is 10.8. The van der Waals surface area contributed by atoms with E-state index in [0.29, 0.717) is 5.92 Å². The summed E-state index contributed by atoms with van der Waals surface area (Å²) in [5.74, 6) is 0.624. The molecule has 1 aliphatic rings. The third-order valence-electron chi connectivity index (χ3n) is 2.48. The Morgan fingerprint density at radius 3 is 2.29 bits per heavy atom. The molecule has 0 amide bonds. The third kappa shape index (κ3) is 2.55. The molecule has 0 saturated carbocycles. The minimum absolute atomic E-state index is 0.624. The first kappa shape index (κ1) is 10.6. The van der Waals surface area contributed by atoms with Crippen molar-refractivity contribution in [3.8, 4) is 0 Å². The molecule has 0 unspecified atom stereocenters. The van der Waals surface area contributed by atoms with Gasteiger partial charge in [-0.05, 0) is 68.3 Å². The van der Waals surface area contributed by atoms with E-state index >= 15 is 0 Å². The van der Waals surface area contributed by atoms with Gasteiger partial charge >= 0.3 is 0 Å². The van der Waals surface area contributed by atoms with E-state index in [0.717, 1.165) is 35.3 Å². The Morgan fingerprint density at radius 2 is 1.71 bits per heavy atom. The van der Waals surface area contributed by atoms with E-state index in [1.54, 1.807) is 0 Å². The van der Waals surface area contributed by atoms with Crippen LogP contribution < -0.4 is 0 Å². The lowest BCUT2D eigenvalue weighted by Crippen LogP contribution is -2.14. The molecule has 1 aromatic heterocycles. The molecule has 14 heavy (non-hydrogen) atoms. The first-order chi connectivity index (χ1) is 6.75. The van der Waals surface area contributed by atoms with Gasteiger partial charge in [-0.15, -0.1) is 0 Å². The number of nitrogens with zero attached hydrogens (tertiary/aromatic N) is 1. The molecule has 2 nitrogen and oxygen atoms in total. The second kappa shape index (κ2) is 4.73. The van der Waals surface area contributed by atoms with Crippen LogP contribution in [0.25, 0.3) is 0 Å². The smallest absolute Gasteiger partial charge is 0.107 e. The van der Waals surface area contributed by atoms with Gasteiger partial charge in [0.15, 0.2) is 0 Å². The molecule has 0 atom stereocenters. The second-order valence-corrected chi connectivity index (χ2v) is 5.06. The van der Waals surface area contributed by atoms with Crippen LogP contribution in [-0.4, -0.2) is 18.2 Å². The molecule has 1 fully saturated rings. The maximum absolute atomic E-state index is 5.34. The van der Waals surface area contributed by atoms with Gasteiger partial charge in [-0.1, -0.05) is 0 Å². The molecule has 0 aromatic carbocycles. The van der Waals surface area contributed by atoms with Crippen LogP contribution in [0.4, 0.5) is 0 Å². The largest absolute Gasteiger partial charge is 0.381 e. The van der Waals surface area contributed by atoms with Gasteiger partial charge in [0.2, 0.25) is 0 Å². The predicted octanol–water partition coefficient (Wildman–Crippen LogP) is 3.50. The van der Waals surface area contributed by atoms with Gasteiger partial charge in [0.1, 0.15) is 9.21 Å². The van der Waals surface area contributed by atoms with Crippen molar-refractivity contribution in [2.75, 3.05) is 13.2 Å². The number of aromatic nitrogens is 1. The number of hydrogen-bond acceptors (Lipinski definition) is 2. The maximum Gasteiger partial charge on any atom is 0.107 e. The fourth-order valence-electron chi connectivity index (χ4n) is 1.75. The summed E-state index contributed by atoms with van der Waals surface area (Å²) in [7, 11) is 0. The summed E-state index contributed by atoms with van der Waals surface area (Å²) < 4.78 is 7.14. The van der Waals surface area contributed by atoms with Crippen molar-refractivity contribution in [3.05, 3.63) is 26.9 Å². The first-order valence-electron chi connectivity index (χ1n) is 4.66. The van der Waals surface area contributed by atoms with Crippen LogP contribution in [0.15, 0.2) is 21.3 Å². The molecule has 0 spiro atoms. The van der Waals surface area contributed by atoms with Gasteiger partial charge in [0, 0.05) is 13.2 Å². The van der Waals surface area contributed by atoms with Crippen LogP contribution in [0.2, 0.25) is 0 Å². The molecule has 76 valence electrons. The average Bonchev–Trinajstić information content (AvgIpc) is 2.18. The van der Waals surface area contributed by atoms with E-state index in [2.05, 4.69) is 49.0 Å². The van der Waals surface area contributed by atoms with Crippen molar-refractivity contribution in [2.24, 2.45) is 0 Å². The highest BCUT2D eigenvalue weighted by Crippen LogP contribution is 2.29. The number of pyridine rings is 1. The lowest BCUT2D eigenvalue weighted by Gasteiger charge is -2.22. The van der Waals surface area contributed by atoms with Crippen molar-refractivity contribution >= 4 is 31.9 Å². The molecule has 2 heterocycles. The summed E-state index contributed by atoms with van der Waals surface area (Å²) in [5.41, 5.74) is 1.35. The quantitative estimate of drug-likeness (QED) is 0.739. The van der Waals surface area contributed by atoms with Crippen LogP contribution in [0.3, 0.4) is 0 Å². The van der Waals surface area contributed by atoms with E-state index < -0.39 is 0 Å². The van der Waals surface area contributed by atoms with Gasteiger partial charge in [-0.3, -0.25) is 0 Å². The van der Waals surface area contributed by atoms with E-state index in [9.17, 15) is 0 Å². The van der Waals surface area contributed by atoms with Gasteiger partial charge in [0.05, 0.1) is 0 Å². The van der Waals surface area contributed by atoms with E-state index in [1.807, 2.05) is 0 Å². The molecule has 4 heteroatoms. The Bertz CT molecular complexity index is 304. The number of rotatable bonds is 1. The maximum atomic E-state index is 5.34. The highest BCUT2D eigenvalue weighted by atomic mass is 79.9. The zero-order valence-electron chi connectivity index (χ0n) is 7.67. The Balaban J connectivity index is 2.21. The summed E-state index contributed by atoms with van der Waals surface area (Å²) in [6.45, 7) is 1.75. The number of hydrogen-bond donors (Lipinski definition) is 0. The Hall–Kier alpha value is 0.0700. The van der Waals surface area contributed by atoms with Crippen molar-refractivity contribution in [2.45, 2.75) is 18.8 Å². The Kier molecular flexibility index (Phi) is 3.57.